The zero-order valence-corrected chi connectivity index (χ0v) is 19.0. The molecule has 1 radical (unpaired) electrons. The molecule has 0 aliphatic carbocycles. The zero-order chi connectivity index (χ0) is 25.4. The van der Waals surface area contributed by atoms with Crippen molar-refractivity contribution in [2.45, 2.75) is 120 Å². The highest BCUT2D eigenvalue weighted by Crippen LogP contribution is 2.21. The zero-order valence-electron chi connectivity index (χ0n) is 19.0. The van der Waals surface area contributed by atoms with E-state index in [2.05, 4.69) is 0 Å². The van der Waals surface area contributed by atoms with Crippen LogP contribution in [0, 0.1) is 30.3 Å². The second-order valence-electron chi connectivity index (χ2n) is 8.32. The average Bonchev–Trinajstić information content (AvgIpc) is 2.72. The molecule has 0 spiro atoms. The quantitative estimate of drug-likeness (QED) is 0.124. The fraction of sp³-hybridized carbons (Fsp3) is 0.950. The molecule has 33 heavy (non-hydrogen) atoms. The molecule has 3 N–H and O–H groups in total. The average molecular weight is 479 g/mol. The van der Waals surface area contributed by atoms with E-state index in [-0.39, 0.29) is 19.3 Å². The number of carbonyl (C=O) groups excluding carboxylic acids is 1. The van der Waals surface area contributed by atoms with Gasteiger partial charge in [0.15, 0.2) is 6.29 Å². The number of rotatable bonds is 21. The van der Waals surface area contributed by atoms with Crippen molar-refractivity contribution in [2.24, 2.45) is 0 Å². The van der Waals surface area contributed by atoms with E-state index in [0.29, 0.717) is 32.1 Å². The molecule has 0 fully saturated rings. The van der Waals surface area contributed by atoms with Crippen molar-refractivity contribution in [3.05, 3.63) is 30.3 Å². The van der Waals surface area contributed by atoms with E-state index in [9.17, 15) is 50.5 Å². The third kappa shape index (κ3) is 12.5. The Morgan fingerprint density at radius 2 is 1.15 bits per heavy atom. The third-order valence-corrected chi connectivity index (χ3v) is 5.74. The molecule has 0 saturated carbocycles. The van der Waals surface area contributed by atoms with Crippen LogP contribution >= 0.6 is 0 Å². The van der Waals surface area contributed by atoms with E-state index in [1.165, 1.54) is 0 Å². The molecule has 0 bridgehead atoms. The number of unbranched alkanes of at least 4 members (excludes halogenated alkanes) is 6. The molecular formula is C20H36N3O10. The van der Waals surface area contributed by atoms with Crippen molar-refractivity contribution in [3.8, 4) is 0 Å². The summed E-state index contributed by atoms with van der Waals surface area (Å²) in [6.07, 6.45) is -0.121. The first-order valence-electron chi connectivity index (χ1n) is 11.4. The minimum Gasteiger partial charge on any atom is -0.386 e. The maximum absolute atomic E-state index is 11.5. The summed E-state index contributed by atoms with van der Waals surface area (Å²) in [6, 6.07) is -5.02. The van der Waals surface area contributed by atoms with Crippen LogP contribution in [-0.4, -0.2) is 72.8 Å². The van der Waals surface area contributed by atoms with Crippen LogP contribution in [-0.2, 0) is 4.79 Å². The van der Waals surface area contributed by atoms with Crippen LogP contribution in [0.3, 0.4) is 0 Å². The number of hydrogen-bond acceptors (Lipinski definition) is 10. The van der Waals surface area contributed by atoms with Gasteiger partial charge in [0.2, 0.25) is 18.1 Å². The molecule has 13 nitrogen and oxygen atoms in total. The minimum atomic E-state index is -1.87. The van der Waals surface area contributed by atoms with Crippen molar-refractivity contribution >= 4 is 6.29 Å². The summed E-state index contributed by atoms with van der Waals surface area (Å²) in [4.78, 5) is 41.9. The van der Waals surface area contributed by atoms with Crippen molar-refractivity contribution in [1.82, 2.24) is 0 Å². The fourth-order valence-corrected chi connectivity index (χ4v) is 3.71. The number of hydrogen-bond donors (Lipinski definition) is 3. The van der Waals surface area contributed by atoms with Crippen LogP contribution in [0.2, 0.25) is 0 Å². The molecule has 0 saturated heterocycles. The van der Waals surface area contributed by atoms with Crippen LogP contribution in [0.15, 0.2) is 0 Å². The van der Waals surface area contributed by atoms with Gasteiger partial charge in [-0.3, -0.25) is 35.1 Å². The Kier molecular flexibility index (Phi) is 16.1. The van der Waals surface area contributed by atoms with Gasteiger partial charge in [0.05, 0.1) is 6.42 Å². The normalized spacial score (nSPS) is 16.8. The van der Waals surface area contributed by atoms with Crippen LogP contribution in [0.5, 0.6) is 0 Å². The first-order chi connectivity index (χ1) is 15.6. The van der Waals surface area contributed by atoms with Gasteiger partial charge < -0.3 is 15.3 Å². The summed E-state index contributed by atoms with van der Waals surface area (Å²) in [6.45, 7) is 1.91. The largest absolute Gasteiger partial charge is 0.386 e. The predicted octanol–water partition coefficient (Wildman–Crippen LogP) is 1.82. The van der Waals surface area contributed by atoms with Gasteiger partial charge >= 0.3 is 0 Å². The number of aliphatic hydroxyl groups is 3. The molecular weight excluding hydrogens is 442 g/mol. The van der Waals surface area contributed by atoms with Gasteiger partial charge in [-0.15, -0.1) is 0 Å². The number of nitro groups is 3. The van der Waals surface area contributed by atoms with E-state index in [1.807, 2.05) is 6.92 Å². The Morgan fingerprint density at radius 3 is 1.67 bits per heavy atom. The standard InChI is InChI=1S/C20H36N3O10/c1-2-3-7-11-18(25)16(22(30)31)13-17(23(32)33)20(27)14-19(26)15(21(28)29)10-8-5-4-6-9-12-24/h15-20,25-27H,2-11,13-14H2,1H3. The highest BCUT2D eigenvalue weighted by Gasteiger charge is 2.43. The maximum atomic E-state index is 11.5. The Morgan fingerprint density at radius 1 is 0.667 bits per heavy atom. The van der Waals surface area contributed by atoms with Gasteiger partial charge in [-0.2, -0.15) is 0 Å². The van der Waals surface area contributed by atoms with Crippen molar-refractivity contribution in [1.29, 1.82) is 0 Å². The van der Waals surface area contributed by atoms with E-state index in [1.54, 1.807) is 6.29 Å². The predicted molar refractivity (Wildman–Crippen MR) is 117 cm³/mol. The van der Waals surface area contributed by atoms with Gasteiger partial charge in [-0.1, -0.05) is 39.0 Å². The van der Waals surface area contributed by atoms with Crippen molar-refractivity contribution < 1.29 is 34.9 Å². The van der Waals surface area contributed by atoms with Crippen LogP contribution in [0.1, 0.15) is 84.0 Å². The van der Waals surface area contributed by atoms with E-state index < -0.39 is 64.0 Å². The highest BCUT2D eigenvalue weighted by atomic mass is 16.6. The Hall–Kier alpha value is -2.25. The Balaban J connectivity index is 5.05. The lowest BCUT2D eigenvalue weighted by Gasteiger charge is -2.23. The van der Waals surface area contributed by atoms with Gasteiger partial charge in [0.25, 0.3) is 0 Å². The molecule has 0 aliphatic rings. The summed E-state index contributed by atoms with van der Waals surface area (Å²) in [5.74, 6) is 0. The SMILES string of the molecule is CCCCCC(O)C(CC(C(O)CC(O)C(CCCCCC[C]=O)[N+](=O)[O-])[N+](=O)[O-])[N+](=O)[O-]. The topological polar surface area (TPSA) is 207 Å². The molecule has 0 heterocycles. The van der Waals surface area contributed by atoms with Crippen LogP contribution in [0.4, 0.5) is 0 Å². The van der Waals surface area contributed by atoms with Crippen molar-refractivity contribution in [3.63, 3.8) is 0 Å². The number of nitrogens with zero attached hydrogens (tertiary/aromatic N) is 3. The summed E-state index contributed by atoms with van der Waals surface area (Å²) < 4.78 is 0. The first kappa shape index (κ1) is 30.8. The van der Waals surface area contributed by atoms with Gasteiger partial charge in [-0.05, 0) is 19.3 Å². The molecule has 6 atom stereocenters. The third-order valence-electron chi connectivity index (χ3n) is 5.74. The molecule has 0 aliphatic heterocycles. The monoisotopic (exact) mass is 478 g/mol. The molecule has 0 aromatic rings. The van der Waals surface area contributed by atoms with E-state index in [4.69, 9.17) is 0 Å². The Labute approximate surface area is 192 Å². The summed E-state index contributed by atoms with van der Waals surface area (Å²) in [5, 5.41) is 64.9. The second-order valence-corrected chi connectivity index (χ2v) is 8.32. The van der Waals surface area contributed by atoms with Crippen LogP contribution < -0.4 is 0 Å². The molecule has 0 rings (SSSR count). The molecule has 191 valence electrons. The van der Waals surface area contributed by atoms with E-state index >= 15 is 0 Å². The molecule has 13 heteroatoms. The first-order valence-corrected chi connectivity index (χ1v) is 11.4. The lowest BCUT2D eigenvalue weighted by Crippen LogP contribution is -2.46. The van der Waals surface area contributed by atoms with E-state index in [0.717, 1.165) is 12.8 Å². The van der Waals surface area contributed by atoms with Gasteiger partial charge in [0.1, 0.15) is 18.3 Å². The lowest BCUT2D eigenvalue weighted by molar-refractivity contribution is -0.574. The summed E-state index contributed by atoms with van der Waals surface area (Å²) >= 11 is 0. The highest BCUT2D eigenvalue weighted by molar-refractivity contribution is 5.50. The van der Waals surface area contributed by atoms with Crippen molar-refractivity contribution in [2.75, 3.05) is 0 Å². The second kappa shape index (κ2) is 17.3. The minimum absolute atomic E-state index is 0.0253. The molecule has 0 aromatic carbocycles. The van der Waals surface area contributed by atoms with Crippen LogP contribution in [0.25, 0.3) is 0 Å². The van der Waals surface area contributed by atoms with Gasteiger partial charge in [-0.25, -0.2) is 0 Å². The maximum Gasteiger partial charge on any atom is 0.245 e. The Bertz CT molecular complexity index is 607. The lowest BCUT2D eigenvalue weighted by atomic mass is 9.91. The van der Waals surface area contributed by atoms with Gasteiger partial charge in [0, 0.05) is 34.0 Å². The number of aliphatic hydroxyl groups excluding tert-OH is 3. The molecule has 0 aromatic heterocycles. The summed E-state index contributed by atoms with van der Waals surface area (Å²) in [7, 11) is 0. The smallest absolute Gasteiger partial charge is 0.245 e. The fourth-order valence-electron chi connectivity index (χ4n) is 3.71. The molecule has 0 amide bonds. The summed E-state index contributed by atoms with van der Waals surface area (Å²) in [5.41, 5.74) is 0. The molecule has 6 unspecified atom stereocenters.